The van der Waals surface area contributed by atoms with Crippen LogP contribution in [0.5, 0.6) is 0 Å². The molecule has 1 heteroatoms. The molecule has 0 atom stereocenters. The van der Waals surface area contributed by atoms with Gasteiger partial charge in [0.1, 0.15) is 0 Å². The summed E-state index contributed by atoms with van der Waals surface area (Å²) in [6.45, 7) is 4.67. The van der Waals surface area contributed by atoms with E-state index in [2.05, 4.69) is 170 Å². The number of anilines is 3. The number of hydrogen-bond acceptors (Lipinski definition) is 1. The fraction of sp³-hybridized carbons (Fsp3) is 0.0769. The molecule has 0 unspecified atom stereocenters. The van der Waals surface area contributed by atoms with Crippen LogP contribution >= 0.6 is 0 Å². The van der Waals surface area contributed by atoms with E-state index in [1.54, 1.807) is 0 Å². The molecule has 7 rings (SSSR count). The van der Waals surface area contributed by atoms with Crippen LogP contribution in [0.1, 0.15) is 25.0 Å². The summed E-state index contributed by atoms with van der Waals surface area (Å²) in [5, 5.41) is 0. The molecule has 6 aromatic rings. The third-order valence-corrected chi connectivity index (χ3v) is 8.25. The standard InChI is InChI=1S/C39H31N/c1-39(2)37-22-10-9-21-35(37)36-27-34(23-24-38(36)39)40(32-19-11-17-30(25-32)28-13-5-3-6-14-28)33-20-12-18-31(26-33)29-15-7-4-8-16-29/h3-27H,1-2H3. The topological polar surface area (TPSA) is 3.24 Å². The average Bonchev–Trinajstić information content (AvgIpc) is 3.24. The van der Waals surface area contributed by atoms with Crippen molar-refractivity contribution < 1.29 is 0 Å². The molecule has 0 saturated carbocycles. The largest absolute Gasteiger partial charge is 0.310 e. The van der Waals surface area contributed by atoms with Crippen molar-refractivity contribution in [2.24, 2.45) is 0 Å². The molecule has 0 aliphatic heterocycles. The molecule has 0 radical (unpaired) electrons. The fourth-order valence-electron chi connectivity index (χ4n) is 6.20. The lowest BCUT2D eigenvalue weighted by Gasteiger charge is -2.28. The fourth-order valence-corrected chi connectivity index (χ4v) is 6.20. The molecule has 40 heavy (non-hydrogen) atoms. The SMILES string of the molecule is CC1(C)c2ccccc2-c2cc(N(c3cccc(-c4ccccc4)c3)c3cccc(-c4ccccc4)c3)ccc21. The predicted molar refractivity (Wildman–Crippen MR) is 170 cm³/mol. The molecule has 0 bridgehead atoms. The van der Waals surface area contributed by atoms with Crippen molar-refractivity contribution in [2.75, 3.05) is 4.90 Å². The normalized spacial score (nSPS) is 12.9. The number of benzene rings is 6. The van der Waals surface area contributed by atoms with Crippen molar-refractivity contribution in [1.82, 2.24) is 0 Å². The van der Waals surface area contributed by atoms with Gasteiger partial charge in [-0.25, -0.2) is 0 Å². The first-order valence-electron chi connectivity index (χ1n) is 14.0. The van der Waals surface area contributed by atoms with Crippen LogP contribution in [-0.2, 0) is 5.41 Å². The Morgan fingerprint density at radius 3 is 1.45 bits per heavy atom. The highest BCUT2D eigenvalue weighted by molar-refractivity contribution is 5.88. The minimum atomic E-state index is -0.0181. The molecule has 192 valence electrons. The smallest absolute Gasteiger partial charge is 0.0468 e. The lowest BCUT2D eigenvalue weighted by Crippen LogP contribution is -2.15. The van der Waals surface area contributed by atoms with E-state index in [0.29, 0.717) is 0 Å². The minimum Gasteiger partial charge on any atom is -0.310 e. The Labute approximate surface area is 237 Å². The van der Waals surface area contributed by atoms with Gasteiger partial charge in [0.05, 0.1) is 0 Å². The molecule has 1 nitrogen and oxygen atoms in total. The summed E-state index contributed by atoms with van der Waals surface area (Å²) in [6.07, 6.45) is 0. The predicted octanol–water partition coefficient (Wildman–Crippen LogP) is 10.8. The highest BCUT2D eigenvalue weighted by atomic mass is 15.1. The van der Waals surface area contributed by atoms with E-state index < -0.39 is 0 Å². The van der Waals surface area contributed by atoms with Gasteiger partial charge in [-0.1, -0.05) is 129 Å². The Morgan fingerprint density at radius 2 is 0.850 bits per heavy atom. The first-order valence-corrected chi connectivity index (χ1v) is 14.0. The summed E-state index contributed by atoms with van der Waals surface area (Å²) in [4.78, 5) is 2.40. The van der Waals surface area contributed by atoms with Crippen LogP contribution in [0.2, 0.25) is 0 Å². The Hall–Kier alpha value is -4.88. The first-order chi connectivity index (χ1) is 19.6. The molecule has 1 aliphatic rings. The molecule has 6 aromatic carbocycles. The van der Waals surface area contributed by atoms with E-state index in [4.69, 9.17) is 0 Å². The lowest BCUT2D eigenvalue weighted by molar-refractivity contribution is 0.660. The van der Waals surface area contributed by atoms with Gasteiger partial charge >= 0.3 is 0 Å². The molecule has 0 spiro atoms. The second-order valence-corrected chi connectivity index (χ2v) is 11.1. The van der Waals surface area contributed by atoms with Crippen molar-refractivity contribution in [3.63, 3.8) is 0 Å². The number of rotatable bonds is 5. The summed E-state index contributed by atoms with van der Waals surface area (Å²) in [7, 11) is 0. The van der Waals surface area contributed by atoms with Crippen LogP contribution in [-0.4, -0.2) is 0 Å². The Balaban J connectivity index is 1.42. The van der Waals surface area contributed by atoms with Gasteiger partial charge in [0.2, 0.25) is 0 Å². The third-order valence-electron chi connectivity index (χ3n) is 8.25. The third kappa shape index (κ3) is 4.12. The van der Waals surface area contributed by atoms with Crippen molar-refractivity contribution in [2.45, 2.75) is 19.3 Å². The van der Waals surface area contributed by atoms with Crippen molar-refractivity contribution in [3.05, 3.63) is 163 Å². The van der Waals surface area contributed by atoms with Gasteiger partial charge in [-0.05, 0) is 80.9 Å². The highest BCUT2D eigenvalue weighted by Crippen LogP contribution is 2.50. The van der Waals surface area contributed by atoms with Crippen molar-refractivity contribution in [3.8, 4) is 33.4 Å². The van der Waals surface area contributed by atoms with E-state index in [0.717, 1.165) is 17.1 Å². The molecule has 0 heterocycles. The molecule has 0 saturated heterocycles. The van der Waals surface area contributed by atoms with Crippen molar-refractivity contribution >= 4 is 17.1 Å². The van der Waals surface area contributed by atoms with Crippen LogP contribution in [0.25, 0.3) is 33.4 Å². The summed E-state index contributed by atoms with van der Waals surface area (Å²) in [5.74, 6) is 0. The number of nitrogens with zero attached hydrogens (tertiary/aromatic N) is 1. The Bertz CT molecular complexity index is 1730. The lowest BCUT2D eigenvalue weighted by atomic mass is 9.82. The molecular weight excluding hydrogens is 482 g/mol. The van der Waals surface area contributed by atoms with Crippen LogP contribution in [0.3, 0.4) is 0 Å². The molecule has 0 amide bonds. The van der Waals surface area contributed by atoms with E-state index in [9.17, 15) is 0 Å². The van der Waals surface area contributed by atoms with Crippen molar-refractivity contribution in [1.29, 1.82) is 0 Å². The average molecular weight is 514 g/mol. The molecule has 1 aliphatic carbocycles. The van der Waals surface area contributed by atoms with Gasteiger partial charge in [-0.3, -0.25) is 0 Å². The summed E-state index contributed by atoms with van der Waals surface area (Å²) in [5.41, 5.74) is 13.7. The summed E-state index contributed by atoms with van der Waals surface area (Å²) in [6, 6.07) is 54.8. The van der Waals surface area contributed by atoms with E-state index in [1.807, 2.05) is 0 Å². The van der Waals surface area contributed by atoms with Gasteiger partial charge in [0, 0.05) is 22.5 Å². The molecule has 0 N–H and O–H groups in total. The molecule has 0 aromatic heterocycles. The van der Waals surface area contributed by atoms with Gasteiger partial charge < -0.3 is 4.90 Å². The second kappa shape index (κ2) is 9.70. The van der Waals surface area contributed by atoms with E-state index >= 15 is 0 Å². The highest BCUT2D eigenvalue weighted by Gasteiger charge is 2.35. The van der Waals surface area contributed by atoms with Gasteiger partial charge in [-0.2, -0.15) is 0 Å². The maximum Gasteiger partial charge on any atom is 0.0468 e. The van der Waals surface area contributed by atoms with Crippen LogP contribution < -0.4 is 4.90 Å². The quantitative estimate of drug-likeness (QED) is 0.222. The summed E-state index contributed by atoms with van der Waals surface area (Å²) >= 11 is 0. The maximum atomic E-state index is 2.40. The first kappa shape index (κ1) is 24.2. The summed E-state index contributed by atoms with van der Waals surface area (Å²) < 4.78 is 0. The number of hydrogen-bond donors (Lipinski definition) is 0. The molecular formula is C39H31N. The van der Waals surface area contributed by atoms with Crippen LogP contribution in [0.15, 0.2) is 152 Å². The zero-order chi connectivity index (χ0) is 27.1. The van der Waals surface area contributed by atoms with E-state index in [1.165, 1.54) is 44.5 Å². The monoisotopic (exact) mass is 513 g/mol. The van der Waals surface area contributed by atoms with Gasteiger partial charge in [0.25, 0.3) is 0 Å². The Morgan fingerprint density at radius 1 is 0.375 bits per heavy atom. The Kier molecular flexibility index (Phi) is 5.86. The zero-order valence-corrected chi connectivity index (χ0v) is 22.9. The number of fused-ring (bicyclic) bond motifs is 3. The van der Waals surface area contributed by atoms with Crippen LogP contribution in [0, 0.1) is 0 Å². The zero-order valence-electron chi connectivity index (χ0n) is 22.9. The second-order valence-electron chi connectivity index (χ2n) is 11.1. The van der Waals surface area contributed by atoms with Gasteiger partial charge in [0.15, 0.2) is 0 Å². The van der Waals surface area contributed by atoms with Gasteiger partial charge in [-0.15, -0.1) is 0 Å². The van der Waals surface area contributed by atoms with E-state index in [-0.39, 0.29) is 5.41 Å². The molecule has 0 fully saturated rings. The van der Waals surface area contributed by atoms with Crippen LogP contribution in [0.4, 0.5) is 17.1 Å². The maximum absolute atomic E-state index is 2.40. The minimum absolute atomic E-state index is 0.0181.